The van der Waals surface area contributed by atoms with E-state index in [4.69, 9.17) is 11.6 Å². The second kappa shape index (κ2) is 5.75. The molecule has 1 heterocycles. The number of rotatable bonds is 3. The molecule has 0 saturated carbocycles. The third kappa shape index (κ3) is 2.79. The third-order valence-corrected chi connectivity index (χ3v) is 3.85. The van der Waals surface area contributed by atoms with Gasteiger partial charge in [-0.05, 0) is 23.3 Å². The molecule has 0 unspecified atom stereocenters. The number of nitrogens with one attached hydrogen (secondary N) is 1. The number of benzene rings is 2. The Balaban J connectivity index is 1.85. The van der Waals surface area contributed by atoms with Crippen LogP contribution in [0.15, 0.2) is 42.5 Å². The number of halogens is 1. The second-order valence-electron chi connectivity index (χ2n) is 4.99. The molecule has 1 aliphatic rings. The molecule has 0 bridgehead atoms. The zero-order valence-corrected chi connectivity index (χ0v) is 12.2. The summed E-state index contributed by atoms with van der Waals surface area (Å²) in [6.45, 7) is 0.807. The van der Waals surface area contributed by atoms with Gasteiger partial charge in [0.25, 0.3) is 11.6 Å². The Hall–Kier alpha value is -2.44. The highest BCUT2D eigenvalue weighted by Crippen LogP contribution is 2.25. The summed E-state index contributed by atoms with van der Waals surface area (Å²) >= 11 is 6.09. The predicted octanol–water partition coefficient (Wildman–Crippen LogP) is 2.91. The van der Waals surface area contributed by atoms with E-state index in [0.717, 1.165) is 5.56 Å². The lowest BCUT2D eigenvalue weighted by molar-refractivity contribution is -0.384. The third-order valence-electron chi connectivity index (χ3n) is 3.48. The highest BCUT2D eigenvalue weighted by atomic mass is 35.5. The molecule has 7 heteroatoms. The van der Waals surface area contributed by atoms with Gasteiger partial charge in [-0.2, -0.15) is 0 Å². The molecule has 0 radical (unpaired) electrons. The summed E-state index contributed by atoms with van der Waals surface area (Å²) in [7, 11) is 0. The van der Waals surface area contributed by atoms with Gasteiger partial charge in [0.15, 0.2) is 0 Å². The zero-order valence-electron chi connectivity index (χ0n) is 11.5. The molecule has 0 aliphatic carbocycles. The van der Waals surface area contributed by atoms with Crippen molar-refractivity contribution in [1.82, 2.24) is 10.4 Å². The van der Waals surface area contributed by atoms with E-state index in [1.807, 2.05) is 18.2 Å². The van der Waals surface area contributed by atoms with Crippen molar-refractivity contribution < 1.29 is 9.72 Å². The maximum absolute atomic E-state index is 12.1. The van der Waals surface area contributed by atoms with E-state index in [9.17, 15) is 14.9 Å². The molecule has 0 fully saturated rings. The van der Waals surface area contributed by atoms with Gasteiger partial charge in [0.2, 0.25) is 0 Å². The molecule has 1 amide bonds. The number of hydrogen-bond donors (Lipinski definition) is 1. The lowest BCUT2D eigenvalue weighted by Gasteiger charge is -2.29. The van der Waals surface area contributed by atoms with Gasteiger partial charge >= 0.3 is 0 Å². The van der Waals surface area contributed by atoms with Gasteiger partial charge in [-0.1, -0.05) is 29.8 Å². The molecule has 22 heavy (non-hydrogen) atoms. The first-order chi connectivity index (χ1) is 10.5. The number of non-ortho nitro benzene ring substituents is 1. The molecule has 0 atom stereocenters. The molecule has 0 spiro atoms. The van der Waals surface area contributed by atoms with Crippen LogP contribution >= 0.6 is 11.6 Å². The summed E-state index contributed by atoms with van der Waals surface area (Å²) in [4.78, 5) is 22.4. The van der Waals surface area contributed by atoms with Crippen LogP contribution in [-0.4, -0.2) is 15.8 Å². The SMILES string of the molecule is O=C1NN(Cc2cc([N+](=O)[O-])ccc2Cl)Cc2ccccc21. The van der Waals surface area contributed by atoms with Crippen LogP contribution in [0, 0.1) is 10.1 Å². The van der Waals surface area contributed by atoms with E-state index in [2.05, 4.69) is 5.43 Å². The Morgan fingerprint density at radius 1 is 1.27 bits per heavy atom. The van der Waals surface area contributed by atoms with E-state index >= 15 is 0 Å². The summed E-state index contributed by atoms with van der Waals surface area (Å²) in [6, 6.07) is 11.6. The number of carbonyl (C=O) groups excluding carboxylic acids is 1. The number of nitro benzene ring substituents is 1. The van der Waals surface area contributed by atoms with Crippen molar-refractivity contribution in [3.63, 3.8) is 0 Å². The Labute approximate surface area is 131 Å². The molecule has 3 rings (SSSR count). The first kappa shape index (κ1) is 14.5. The summed E-state index contributed by atoms with van der Waals surface area (Å²) in [5, 5.41) is 13.0. The highest BCUT2D eigenvalue weighted by Gasteiger charge is 2.23. The quantitative estimate of drug-likeness (QED) is 0.697. The number of fused-ring (bicyclic) bond motifs is 1. The van der Waals surface area contributed by atoms with Gasteiger partial charge in [-0.3, -0.25) is 20.3 Å². The number of hydrogen-bond acceptors (Lipinski definition) is 4. The van der Waals surface area contributed by atoms with Crippen LogP contribution in [0.5, 0.6) is 0 Å². The van der Waals surface area contributed by atoms with Crippen LogP contribution in [-0.2, 0) is 13.1 Å². The van der Waals surface area contributed by atoms with E-state index in [1.54, 1.807) is 11.1 Å². The average molecular weight is 318 g/mol. The molecular formula is C15H12ClN3O3. The fourth-order valence-electron chi connectivity index (χ4n) is 2.43. The summed E-state index contributed by atoms with van der Waals surface area (Å²) in [6.07, 6.45) is 0. The van der Waals surface area contributed by atoms with Gasteiger partial charge < -0.3 is 0 Å². The van der Waals surface area contributed by atoms with Gasteiger partial charge in [0.05, 0.1) is 4.92 Å². The van der Waals surface area contributed by atoms with E-state index < -0.39 is 4.92 Å². The van der Waals surface area contributed by atoms with Crippen molar-refractivity contribution in [3.05, 3.63) is 74.3 Å². The summed E-state index contributed by atoms with van der Waals surface area (Å²) < 4.78 is 0. The van der Waals surface area contributed by atoms with E-state index in [-0.39, 0.29) is 11.6 Å². The van der Waals surface area contributed by atoms with Gasteiger partial charge in [0.1, 0.15) is 0 Å². The fourth-order valence-corrected chi connectivity index (χ4v) is 2.60. The number of hydrazine groups is 1. The number of carbonyl (C=O) groups is 1. The first-order valence-electron chi connectivity index (χ1n) is 6.61. The van der Waals surface area contributed by atoms with E-state index in [0.29, 0.717) is 29.2 Å². The number of nitro groups is 1. The van der Waals surface area contributed by atoms with Crippen molar-refractivity contribution in [2.24, 2.45) is 0 Å². The molecular weight excluding hydrogens is 306 g/mol. The van der Waals surface area contributed by atoms with Gasteiger partial charge in [0, 0.05) is 35.8 Å². The van der Waals surface area contributed by atoms with Crippen LogP contribution in [0.2, 0.25) is 5.02 Å². The van der Waals surface area contributed by atoms with Gasteiger partial charge in [-0.25, -0.2) is 5.01 Å². The average Bonchev–Trinajstić information content (AvgIpc) is 2.49. The lowest BCUT2D eigenvalue weighted by atomic mass is 10.0. The Morgan fingerprint density at radius 3 is 2.82 bits per heavy atom. The molecule has 2 aromatic carbocycles. The Bertz CT molecular complexity index is 763. The molecule has 0 saturated heterocycles. The monoisotopic (exact) mass is 317 g/mol. The molecule has 2 aromatic rings. The Morgan fingerprint density at radius 2 is 2.05 bits per heavy atom. The molecule has 6 nitrogen and oxygen atoms in total. The van der Waals surface area contributed by atoms with Crippen LogP contribution in [0.1, 0.15) is 21.5 Å². The van der Waals surface area contributed by atoms with Gasteiger partial charge in [-0.15, -0.1) is 0 Å². The van der Waals surface area contributed by atoms with Crippen molar-refractivity contribution in [2.75, 3.05) is 0 Å². The van der Waals surface area contributed by atoms with Crippen molar-refractivity contribution in [3.8, 4) is 0 Å². The zero-order chi connectivity index (χ0) is 15.7. The van der Waals surface area contributed by atoms with Crippen LogP contribution < -0.4 is 5.43 Å². The van der Waals surface area contributed by atoms with E-state index in [1.165, 1.54) is 18.2 Å². The van der Waals surface area contributed by atoms with Crippen LogP contribution in [0.25, 0.3) is 0 Å². The summed E-state index contributed by atoms with van der Waals surface area (Å²) in [5.41, 5.74) is 4.88. The minimum Gasteiger partial charge on any atom is -0.284 e. The minimum absolute atomic E-state index is 0.0249. The lowest BCUT2D eigenvalue weighted by Crippen LogP contribution is -2.45. The Kier molecular flexibility index (Phi) is 3.79. The highest BCUT2D eigenvalue weighted by molar-refractivity contribution is 6.31. The smallest absolute Gasteiger partial charge is 0.269 e. The molecule has 112 valence electrons. The number of amides is 1. The number of nitrogens with zero attached hydrogens (tertiary/aromatic N) is 2. The summed E-state index contributed by atoms with van der Waals surface area (Å²) in [5.74, 6) is -0.191. The van der Waals surface area contributed by atoms with Crippen LogP contribution in [0.3, 0.4) is 0 Å². The maximum Gasteiger partial charge on any atom is 0.269 e. The standard InChI is InChI=1S/C15H12ClN3O3/c16-14-6-5-12(19(21)22)7-11(14)9-18-8-10-3-1-2-4-13(10)15(20)17-18/h1-7H,8-9H2,(H,17,20). The van der Waals surface area contributed by atoms with Crippen LogP contribution in [0.4, 0.5) is 5.69 Å². The minimum atomic E-state index is -0.468. The first-order valence-corrected chi connectivity index (χ1v) is 6.99. The molecule has 0 aromatic heterocycles. The van der Waals surface area contributed by atoms with Crippen molar-refractivity contribution >= 4 is 23.2 Å². The second-order valence-corrected chi connectivity index (χ2v) is 5.39. The van der Waals surface area contributed by atoms with Crippen molar-refractivity contribution in [1.29, 1.82) is 0 Å². The largest absolute Gasteiger partial charge is 0.284 e. The fraction of sp³-hybridized carbons (Fsp3) is 0.133. The maximum atomic E-state index is 12.1. The molecule has 1 aliphatic heterocycles. The topological polar surface area (TPSA) is 75.5 Å². The molecule has 1 N–H and O–H groups in total. The predicted molar refractivity (Wildman–Crippen MR) is 81.3 cm³/mol. The van der Waals surface area contributed by atoms with Crippen molar-refractivity contribution in [2.45, 2.75) is 13.1 Å². The normalized spacial score (nSPS) is 14.3.